The van der Waals surface area contributed by atoms with Gasteiger partial charge in [-0.1, -0.05) is 48.0 Å². The fraction of sp³-hybridized carbons (Fsp3) is 0.231. The van der Waals surface area contributed by atoms with E-state index in [4.69, 9.17) is 11.6 Å². The lowest BCUT2D eigenvalue weighted by Gasteiger charge is -2.36. The van der Waals surface area contributed by atoms with Crippen LogP contribution >= 0.6 is 22.9 Å². The fourth-order valence-corrected chi connectivity index (χ4v) is 5.18. The van der Waals surface area contributed by atoms with Gasteiger partial charge in [0.15, 0.2) is 11.4 Å². The molecule has 0 bridgehead atoms. The number of pyridine rings is 1. The number of halogens is 1. The zero-order valence-electron chi connectivity index (χ0n) is 18.9. The third kappa shape index (κ3) is 5.01. The number of benzene rings is 2. The molecule has 1 aliphatic heterocycles. The number of aryl methyl sites for hydroxylation is 1. The number of hydrogen-bond donors (Lipinski definition) is 2. The molecule has 1 aliphatic rings. The quantitative estimate of drug-likeness (QED) is 0.342. The van der Waals surface area contributed by atoms with Gasteiger partial charge in [0.1, 0.15) is 5.82 Å². The zero-order valence-corrected chi connectivity index (χ0v) is 20.4. The number of nitrogens with one attached hydrogen (secondary N) is 1. The molecule has 4 aromatic rings. The van der Waals surface area contributed by atoms with E-state index in [1.54, 1.807) is 6.20 Å². The van der Waals surface area contributed by atoms with Crippen LogP contribution in [0, 0.1) is 6.92 Å². The predicted octanol–water partition coefficient (Wildman–Crippen LogP) is 5.60. The van der Waals surface area contributed by atoms with E-state index >= 15 is 0 Å². The van der Waals surface area contributed by atoms with Crippen LogP contribution in [0.5, 0.6) is 0 Å². The Morgan fingerprint density at radius 2 is 1.74 bits per heavy atom. The van der Waals surface area contributed by atoms with Crippen molar-refractivity contribution in [2.75, 3.05) is 41.3 Å². The lowest BCUT2D eigenvalue weighted by Crippen LogP contribution is -2.46. The summed E-state index contributed by atoms with van der Waals surface area (Å²) in [5.74, 6) is 0.915. The van der Waals surface area contributed by atoms with Gasteiger partial charge >= 0.3 is 0 Å². The predicted molar refractivity (Wildman–Crippen MR) is 141 cm³/mol. The first-order valence-corrected chi connectivity index (χ1v) is 12.4. The molecule has 0 saturated carbocycles. The second-order valence-electron chi connectivity index (χ2n) is 8.24. The summed E-state index contributed by atoms with van der Waals surface area (Å²) < 4.78 is 0. The monoisotopic (exact) mass is 491 g/mol. The molecule has 0 radical (unpaired) electrons. The summed E-state index contributed by atoms with van der Waals surface area (Å²) >= 11 is 7.67. The number of rotatable bonds is 6. The molecule has 1 saturated heterocycles. The highest BCUT2D eigenvalue weighted by Gasteiger charge is 2.19. The van der Waals surface area contributed by atoms with Gasteiger partial charge in [0.25, 0.3) is 0 Å². The number of hydrogen-bond acceptors (Lipinski definition) is 7. The maximum atomic E-state index is 10.7. The van der Waals surface area contributed by atoms with Gasteiger partial charge < -0.3 is 20.2 Å². The summed E-state index contributed by atoms with van der Waals surface area (Å²) in [6, 6.07) is 21.9. The smallest absolute Gasteiger partial charge is 0.185 e. The highest BCUT2D eigenvalue weighted by Crippen LogP contribution is 2.32. The third-order valence-electron chi connectivity index (χ3n) is 5.97. The van der Waals surface area contributed by atoms with Crippen LogP contribution in [-0.2, 0) is 0 Å². The number of aliphatic hydroxyl groups excluding tert-OH is 1. The summed E-state index contributed by atoms with van der Waals surface area (Å²) in [5.41, 5.74) is 3.86. The van der Waals surface area contributed by atoms with Crippen molar-refractivity contribution < 1.29 is 5.11 Å². The van der Waals surface area contributed by atoms with Crippen LogP contribution in [0.1, 0.15) is 16.7 Å². The number of aliphatic hydroxyl groups is 1. The van der Waals surface area contributed by atoms with Gasteiger partial charge in [0.2, 0.25) is 0 Å². The Bertz CT molecular complexity index is 1240. The molecule has 34 heavy (non-hydrogen) atoms. The normalized spacial score (nSPS) is 14.8. The molecule has 5 rings (SSSR count). The molecule has 8 heteroatoms. The number of thiazole rings is 1. The Hall–Kier alpha value is -3.13. The Kier molecular flexibility index (Phi) is 6.67. The molecular formula is C26H26ClN5OS. The van der Waals surface area contributed by atoms with Crippen molar-refractivity contribution >= 4 is 39.6 Å². The van der Waals surface area contributed by atoms with Crippen LogP contribution < -0.4 is 15.1 Å². The first-order valence-electron chi connectivity index (χ1n) is 11.3. The van der Waals surface area contributed by atoms with Crippen LogP contribution in [0.2, 0.25) is 5.02 Å². The minimum atomic E-state index is -0.879. The number of aromatic nitrogens is 2. The van der Waals surface area contributed by atoms with E-state index in [-0.39, 0.29) is 0 Å². The molecule has 2 N–H and O–H groups in total. The maximum Gasteiger partial charge on any atom is 0.185 e. The van der Waals surface area contributed by atoms with Crippen LogP contribution in [0.3, 0.4) is 0 Å². The van der Waals surface area contributed by atoms with Gasteiger partial charge in [-0.15, -0.1) is 11.3 Å². The highest BCUT2D eigenvalue weighted by atomic mass is 35.5. The molecule has 2 aromatic heterocycles. The van der Waals surface area contributed by atoms with Crippen molar-refractivity contribution in [3.8, 4) is 11.3 Å². The highest BCUT2D eigenvalue weighted by molar-refractivity contribution is 7.16. The standard InChI is InChI=1S/C26H26ClN5OS/c1-18-24(19-6-3-2-4-7-19)29-26(34-18)30-25(33)20-10-11-23(28-17-20)32-14-12-31(13-15-32)22-9-5-8-21(27)16-22/h2-11,16-17,25,33H,12-15H2,1H3,(H,29,30). The van der Waals surface area contributed by atoms with E-state index in [9.17, 15) is 5.11 Å². The molecule has 0 amide bonds. The minimum absolute atomic E-state index is 0.685. The molecule has 2 aromatic carbocycles. The van der Waals surface area contributed by atoms with E-state index in [1.165, 1.54) is 11.3 Å². The molecule has 1 unspecified atom stereocenters. The average molecular weight is 492 g/mol. The lowest BCUT2D eigenvalue weighted by atomic mass is 10.1. The Morgan fingerprint density at radius 3 is 2.44 bits per heavy atom. The molecule has 1 atom stereocenters. The van der Waals surface area contributed by atoms with Gasteiger partial charge in [-0.3, -0.25) is 0 Å². The molecule has 3 heterocycles. The number of nitrogens with zero attached hydrogens (tertiary/aromatic N) is 4. The Labute approximate surface area is 208 Å². The van der Waals surface area contributed by atoms with E-state index in [0.717, 1.165) is 58.8 Å². The first kappa shape index (κ1) is 22.7. The van der Waals surface area contributed by atoms with Crippen LogP contribution in [0.15, 0.2) is 72.9 Å². The van der Waals surface area contributed by atoms with Crippen LogP contribution in [-0.4, -0.2) is 41.3 Å². The molecule has 0 spiro atoms. The Balaban J connectivity index is 1.20. The summed E-state index contributed by atoms with van der Waals surface area (Å²) in [6.07, 6.45) is 0.852. The number of anilines is 3. The van der Waals surface area contributed by atoms with Gasteiger partial charge in [0.05, 0.1) is 5.69 Å². The summed E-state index contributed by atoms with van der Waals surface area (Å²) in [5, 5.41) is 15.3. The van der Waals surface area contributed by atoms with Gasteiger partial charge in [-0.2, -0.15) is 0 Å². The van der Waals surface area contributed by atoms with Crippen molar-refractivity contribution in [1.82, 2.24) is 9.97 Å². The van der Waals surface area contributed by atoms with Crippen molar-refractivity contribution in [3.05, 3.63) is 88.4 Å². The summed E-state index contributed by atoms with van der Waals surface area (Å²) in [4.78, 5) is 15.0. The van der Waals surface area contributed by atoms with Crippen molar-refractivity contribution in [2.45, 2.75) is 13.2 Å². The maximum absolute atomic E-state index is 10.7. The van der Waals surface area contributed by atoms with Gasteiger partial charge in [-0.05, 0) is 37.3 Å². The molecule has 0 aliphatic carbocycles. The minimum Gasteiger partial charge on any atom is -0.369 e. The van der Waals surface area contributed by atoms with Crippen LogP contribution in [0.4, 0.5) is 16.6 Å². The van der Waals surface area contributed by atoms with Gasteiger partial charge in [-0.25, -0.2) is 9.97 Å². The third-order valence-corrected chi connectivity index (χ3v) is 7.10. The van der Waals surface area contributed by atoms with E-state index in [2.05, 4.69) is 31.2 Å². The Morgan fingerprint density at radius 1 is 0.971 bits per heavy atom. The van der Waals surface area contributed by atoms with E-state index < -0.39 is 6.23 Å². The van der Waals surface area contributed by atoms with E-state index in [0.29, 0.717) is 10.7 Å². The SMILES string of the molecule is Cc1sc(NC(O)c2ccc(N3CCN(c4cccc(Cl)c4)CC3)nc2)nc1-c1ccccc1. The molecule has 1 fully saturated rings. The van der Waals surface area contributed by atoms with Crippen molar-refractivity contribution in [3.63, 3.8) is 0 Å². The number of piperazine rings is 1. The van der Waals surface area contributed by atoms with Gasteiger partial charge in [0, 0.05) is 59.1 Å². The molecule has 174 valence electrons. The zero-order chi connectivity index (χ0) is 23.5. The van der Waals surface area contributed by atoms with E-state index in [1.807, 2.05) is 67.6 Å². The topological polar surface area (TPSA) is 64.5 Å². The van der Waals surface area contributed by atoms with Crippen molar-refractivity contribution in [2.24, 2.45) is 0 Å². The molecule has 6 nitrogen and oxygen atoms in total. The summed E-state index contributed by atoms with van der Waals surface area (Å²) in [7, 11) is 0. The second-order valence-corrected chi connectivity index (χ2v) is 9.88. The fourth-order valence-electron chi connectivity index (χ4n) is 4.14. The first-order chi connectivity index (χ1) is 16.6. The second kappa shape index (κ2) is 10.0. The van der Waals surface area contributed by atoms with Crippen molar-refractivity contribution in [1.29, 1.82) is 0 Å². The summed E-state index contributed by atoms with van der Waals surface area (Å²) in [6.45, 7) is 5.60. The lowest BCUT2D eigenvalue weighted by molar-refractivity contribution is 0.208. The largest absolute Gasteiger partial charge is 0.369 e. The van der Waals surface area contributed by atoms with Crippen LogP contribution in [0.25, 0.3) is 11.3 Å². The average Bonchev–Trinajstić information content (AvgIpc) is 3.24. The molecular weight excluding hydrogens is 466 g/mol.